The van der Waals surface area contributed by atoms with E-state index in [9.17, 15) is 10.1 Å². The van der Waals surface area contributed by atoms with E-state index in [2.05, 4.69) is 26.1 Å². The van der Waals surface area contributed by atoms with Crippen molar-refractivity contribution in [3.05, 3.63) is 32.8 Å². The monoisotopic (exact) mass is 325 g/mol. The van der Waals surface area contributed by atoms with Crippen LogP contribution in [0.4, 0.5) is 11.4 Å². The van der Waals surface area contributed by atoms with Crippen molar-refractivity contribution in [1.29, 1.82) is 0 Å². The molecule has 2 aliphatic rings. The Labute approximate surface area is 120 Å². The Kier molecular flexibility index (Phi) is 3.45. The summed E-state index contributed by atoms with van der Waals surface area (Å²) in [4.78, 5) is 13.2. The number of nitrogens with one attached hydrogen (secondary N) is 1. The number of hydrogen-bond acceptors (Lipinski definition) is 4. The highest BCUT2D eigenvalue weighted by Crippen LogP contribution is 2.33. The van der Waals surface area contributed by atoms with Crippen molar-refractivity contribution in [2.45, 2.75) is 31.3 Å². The van der Waals surface area contributed by atoms with Gasteiger partial charge in [-0.05, 0) is 31.4 Å². The number of nitro groups is 1. The lowest BCUT2D eigenvalue weighted by atomic mass is 10.2. The molecule has 6 heteroatoms. The van der Waals surface area contributed by atoms with Gasteiger partial charge < -0.3 is 5.32 Å². The van der Waals surface area contributed by atoms with Gasteiger partial charge in [0.15, 0.2) is 0 Å². The molecule has 5 nitrogen and oxygen atoms in total. The molecule has 1 atom stereocenters. The van der Waals surface area contributed by atoms with Crippen LogP contribution in [0.5, 0.6) is 0 Å². The fourth-order valence-electron chi connectivity index (χ4n) is 2.68. The highest BCUT2D eigenvalue weighted by molar-refractivity contribution is 9.10. The van der Waals surface area contributed by atoms with Crippen molar-refractivity contribution in [1.82, 2.24) is 4.90 Å². The Hall–Kier alpha value is -1.14. The van der Waals surface area contributed by atoms with Gasteiger partial charge in [-0.3, -0.25) is 15.0 Å². The normalized spacial score (nSPS) is 23.5. The maximum absolute atomic E-state index is 11.0. The van der Waals surface area contributed by atoms with E-state index in [4.69, 9.17) is 0 Å². The number of likely N-dealkylation sites (tertiary alicyclic amines) is 1. The van der Waals surface area contributed by atoms with Crippen molar-refractivity contribution < 1.29 is 4.92 Å². The van der Waals surface area contributed by atoms with Gasteiger partial charge in [0.05, 0.1) is 4.92 Å². The molecular weight excluding hydrogens is 310 g/mol. The fraction of sp³-hybridized carbons (Fsp3) is 0.538. The molecule has 0 spiro atoms. The zero-order chi connectivity index (χ0) is 13.4. The third-order valence-corrected chi connectivity index (χ3v) is 4.29. The molecule has 0 aromatic heterocycles. The Balaban J connectivity index is 1.72. The molecule has 1 aliphatic heterocycles. The summed E-state index contributed by atoms with van der Waals surface area (Å²) in [6.07, 6.45) is 3.67. The van der Waals surface area contributed by atoms with Gasteiger partial charge in [-0.1, -0.05) is 15.9 Å². The predicted molar refractivity (Wildman–Crippen MR) is 77.4 cm³/mol. The van der Waals surface area contributed by atoms with E-state index in [1.807, 2.05) is 0 Å². The molecule has 3 rings (SSSR count). The average molecular weight is 326 g/mol. The second kappa shape index (κ2) is 5.09. The number of hydrogen-bond donors (Lipinski definition) is 1. The lowest BCUT2D eigenvalue weighted by molar-refractivity contribution is -0.384. The smallest absolute Gasteiger partial charge is 0.292 e. The minimum Gasteiger partial charge on any atom is -0.375 e. The van der Waals surface area contributed by atoms with E-state index < -0.39 is 0 Å². The van der Waals surface area contributed by atoms with Crippen LogP contribution in [-0.2, 0) is 0 Å². The second-order valence-electron chi connectivity index (χ2n) is 5.27. The van der Waals surface area contributed by atoms with Crippen LogP contribution in [0.2, 0.25) is 0 Å². The summed E-state index contributed by atoms with van der Waals surface area (Å²) in [5, 5.41) is 14.4. The van der Waals surface area contributed by atoms with Gasteiger partial charge in [0.25, 0.3) is 5.69 Å². The molecule has 102 valence electrons. The number of nitrogens with zero attached hydrogens (tertiary/aromatic N) is 2. The molecule has 0 radical (unpaired) electrons. The molecule has 1 unspecified atom stereocenters. The summed E-state index contributed by atoms with van der Waals surface area (Å²) in [7, 11) is 0. The molecule has 0 amide bonds. The summed E-state index contributed by atoms with van der Waals surface area (Å²) in [5.41, 5.74) is 0.759. The van der Waals surface area contributed by atoms with Crippen LogP contribution in [0.1, 0.15) is 19.3 Å². The standard InChI is InChI=1S/C13H16BrN3O2/c14-9-1-4-13(17(18)19)12(7-9)15-10-5-6-16(8-10)11-2-3-11/h1,4,7,10-11,15H,2-3,5-6,8H2. The predicted octanol–water partition coefficient (Wildman–Crippen LogP) is 3.01. The van der Waals surface area contributed by atoms with Gasteiger partial charge in [0.2, 0.25) is 0 Å². The highest BCUT2D eigenvalue weighted by Gasteiger charge is 2.34. The lowest BCUT2D eigenvalue weighted by Crippen LogP contribution is -2.27. The van der Waals surface area contributed by atoms with Gasteiger partial charge in [-0.25, -0.2) is 0 Å². The summed E-state index contributed by atoms with van der Waals surface area (Å²) in [6.45, 7) is 2.10. The van der Waals surface area contributed by atoms with Gasteiger partial charge in [0.1, 0.15) is 5.69 Å². The van der Waals surface area contributed by atoms with Gasteiger partial charge >= 0.3 is 0 Å². The third-order valence-electron chi connectivity index (χ3n) is 3.80. The molecule has 1 aliphatic carbocycles. The molecule has 1 saturated heterocycles. The first-order valence-corrected chi connectivity index (χ1v) is 7.37. The zero-order valence-electron chi connectivity index (χ0n) is 10.5. The minimum atomic E-state index is -0.331. The van der Waals surface area contributed by atoms with Crippen LogP contribution in [0.3, 0.4) is 0 Å². The van der Waals surface area contributed by atoms with Gasteiger partial charge in [0, 0.05) is 35.7 Å². The quantitative estimate of drug-likeness (QED) is 0.683. The Morgan fingerprint density at radius 2 is 2.16 bits per heavy atom. The minimum absolute atomic E-state index is 0.146. The average Bonchev–Trinajstić information content (AvgIpc) is 3.10. The van der Waals surface area contributed by atoms with Crippen molar-refractivity contribution in [2.24, 2.45) is 0 Å². The maximum Gasteiger partial charge on any atom is 0.292 e. The molecule has 2 fully saturated rings. The second-order valence-corrected chi connectivity index (χ2v) is 6.19. The first-order valence-electron chi connectivity index (χ1n) is 6.58. The van der Waals surface area contributed by atoms with Crippen LogP contribution in [0.15, 0.2) is 22.7 Å². The molecule has 19 heavy (non-hydrogen) atoms. The van der Waals surface area contributed by atoms with Crippen molar-refractivity contribution in [3.8, 4) is 0 Å². The van der Waals surface area contributed by atoms with Gasteiger partial charge in [-0.15, -0.1) is 0 Å². The molecule has 1 saturated carbocycles. The van der Waals surface area contributed by atoms with Crippen molar-refractivity contribution >= 4 is 27.3 Å². The number of benzene rings is 1. The lowest BCUT2D eigenvalue weighted by Gasteiger charge is -2.16. The van der Waals surface area contributed by atoms with E-state index in [-0.39, 0.29) is 10.6 Å². The number of rotatable bonds is 4. The van der Waals surface area contributed by atoms with E-state index >= 15 is 0 Å². The molecule has 1 aromatic rings. The number of anilines is 1. The van der Waals surface area contributed by atoms with Crippen molar-refractivity contribution in [2.75, 3.05) is 18.4 Å². The van der Waals surface area contributed by atoms with Crippen LogP contribution in [0.25, 0.3) is 0 Å². The van der Waals surface area contributed by atoms with E-state index in [0.717, 1.165) is 30.0 Å². The van der Waals surface area contributed by atoms with Crippen LogP contribution in [-0.4, -0.2) is 35.0 Å². The summed E-state index contributed by atoms with van der Waals surface area (Å²) >= 11 is 3.37. The van der Waals surface area contributed by atoms with E-state index in [1.165, 1.54) is 12.8 Å². The zero-order valence-corrected chi connectivity index (χ0v) is 12.1. The van der Waals surface area contributed by atoms with E-state index in [1.54, 1.807) is 18.2 Å². The largest absolute Gasteiger partial charge is 0.375 e. The molecule has 0 bridgehead atoms. The van der Waals surface area contributed by atoms with Crippen LogP contribution >= 0.6 is 15.9 Å². The Bertz CT molecular complexity index is 505. The molecule has 1 N–H and O–H groups in total. The first-order chi connectivity index (χ1) is 9.13. The number of nitro benzene ring substituents is 1. The fourth-order valence-corrected chi connectivity index (χ4v) is 3.04. The summed E-state index contributed by atoms with van der Waals surface area (Å²) < 4.78 is 0.859. The SMILES string of the molecule is O=[N+]([O-])c1ccc(Br)cc1NC1CCN(C2CC2)C1. The first kappa shape index (κ1) is 12.9. The van der Waals surface area contributed by atoms with Gasteiger partial charge in [-0.2, -0.15) is 0 Å². The molecule has 1 heterocycles. The molecular formula is C13H16BrN3O2. The topological polar surface area (TPSA) is 58.4 Å². The molecule has 1 aromatic carbocycles. The van der Waals surface area contributed by atoms with Crippen molar-refractivity contribution in [3.63, 3.8) is 0 Å². The Morgan fingerprint density at radius 1 is 1.37 bits per heavy atom. The number of halogens is 1. The van der Waals surface area contributed by atoms with E-state index in [0.29, 0.717) is 11.7 Å². The Morgan fingerprint density at radius 3 is 2.84 bits per heavy atom. The summed E-state index contributed by atoms with van der Waals surface area (Å²) in [6, 6.07) is 6.12. The summed E-state index contributed by atoms with van der Waals surface area (Å²) in [5.74, 6) is 0. The third kappa shape index (κ3) is 2.90. The van der Waals surface area contributed by atoms with Crippen LogP contribution < -0.4 is 5.32 Å². The highest BCUT2D eigenvalue weighted by atomic mass is 79.9. The van der Waals surface area contributed by atoms with Crippen LogP contribution in [0, 0.1) is 10.1 Å². The maximum atomic E-state index is 11.0.